The van der Waals surface area contributed by atoms with Crippen LogP contribution in [0.15, 0.2) is 48.5 Å². The summed E-state index contributed by atoms with van der Waals surface area (Å²) >= 11 is 0. The molecule has 0 aromatic heterocycles. The van der Waals surface area contributed by atoms with E-state index in [1.54, 1.807) is 12.1 Å². The van der Waals surface area contributed by atoms with Crippen LogP contribution in [0.4, 0.5) is 0 Å². The molecule has 1 saturated heterocycles. The van der Waals surface area contributed by atoms with Crippen molar-refractivity contribution < 1.29 is 9.59 Å². The molecule has 0 aliphatic carbocycles. The number of nitrogens with two attached hydrogens (primary N) is 2. The summed E-state index contributed by atoms with van der Waals surface area (Å²) in [4.78, 5) is 27.0. The van der Waals surface area contributed by atoms with Crippen molar-refractivity contribution in [2.75, 3.05) is 6.54 Å². The third-order valence-corrected chi connectivity index (χ3v) is 6.33. The molecule has 1 fully saturated rings. The molecule has 7 nitrogen and oxygen atoms in total. The minimum atomic E-state index is -0.484. The van der Waals surface area contributed by atoms with Crippen LogP contribution in [0.25, 0.3) is 0 Å². The van der Waals surface area contributed by atoms with E-state index in [0.29, 0.717) is 31.0 Å². The van der Waals surface area contributed by atoms with Crippen molar-refractivity contribution in [2.24, 2.45) is 11.5 Å². The van der Waals surface area contributed by atoms with E-state index in [0.717, 1.165) is 5.56 Å². The minimum absolute atomic E-state index is 0. The van der Waals surface area contributed by atoms with Gasteiger partial charge in [-0.25, -0.2) is 0 Å². The molecule has 34 heavy (non-hydrogen) atoms. The van der Waals surface area contributed by atoms with Gasteiger partial charge in [-0.1, -0.05) is 62.4 Å². The number of halogens is 2. The Morgan fingerprint density at radius 1 is 1.09 bits per heavy atom. The lowest BCUT2D eigenvalue weighted by atomic mass is 9.92. The van der Waals surface area contributed by atoms with E-state index in [1.807, 2.05) is 24.0 Å². The van der Waals surface area contributed by atoms with E-state index in [9.17, 15) is 9.59 Å². The molecule has 0 saturated carbocycles. The van der Waals surface area contributed by atoms with Crippen molar-refractivity contribution in [3.05, 3.63) is 70.8 Å². The van der Waals surface area contributed by atoms with E-state index < -0.39 is 18.0 Å². The van der Waals surface area contributed by atoms with Gasteiger partial charge in [0.15, 0.2) is 0 Å². The van der Waals surface area contributed by atoms with Gasteiger partial charge in [-0.3, -0.25) is 19.9 Å². The fourth-order valence-electron chi connectivity index (χ4n) is 4.27. The van der Waals surface area contributed by atoms with E-state index in [2.05, 4.69) is 43.4 Å². The van der Waals surface area contributed by atoms with Gasteiger partial charge in [0, 0.05) is 18.7 Å². The molecule has 0 bridgehead atoms. The Labute approximate surface area is 214 Å². The zero-order valence-electron chi connectivity index (χ0n) is 19.8. The van der Waals surface area contributed by atoms with Crippen molar-refractivity contribution in [1.29, 1.82) is 5.41 Å². The second-order valence-corrected chi connectivity index (χ2v) is 8.88. The van der Waals surface area contributed by atoms with Crippen LogP contribution in [0.3, 0.4) is 0 Å². The first-order valence-corrected chi connectivity index (χ1v) is 11.0. The van der Waals surface area contributed by atoms with E-state index >= 15 is 0 Å². The molecule has 1 heterocycles. The van der Waals surface area contributed by atoms with Gasteiger partial charge in [0.05, 0.1) is 12.1 Å². The van der Waals surface area contributed by atoms with Crippen LogP contribution in [0.2, 0.25) is 0 Å². The molecule has 0 radical (unpaired) electrons. The molecular weight excluding hydrogens is 473 g/mol. The summed E-state index contributed by atoms with van der Waals surface area (Å²) in [5.41, 5.74) is 15.2. The van der Waals surface area contributed by atoms with Crippen LogP contribution in [-0.2, 0) is 16.1 Å². The molecule has 2 unspecified atom stereocenters. The smallest absolute Gasteiger partial charge is 0.237 e. The van der Waals surface area contributed by atoms with Crippen LogP contribution in [0, 0.1) is 5.41 Å². The highest BCUT2D eigenvalue weighted by Crippen LogP contribution is 2.34. The largest absolute Gasteiger partial charge is 0.384 e. The first-order chi connectivity index (χ1) is 15.2. The Morgan fingerprint density at radius 2 is 1.74 bits per heavy atom. The third kappa shape index (κ3) is 6.95. The molecular formula is C25H35Cl2N5O2. The minimum Gasteiger partial charge on any atom is -0.384 e. The number of carbonyl (C=O) groups is 2. The Hall–Kier alpha value is -2.61. The van der Waals surface area contributed by atoms with Gasteiger partial charge in [-0.05, 0) is 41.9 Å². The predicted molar refractivity (Wildman–Crippen MR) is 141 cm³/mol. The number of benzene rings is 2. The second kappa shape index (κ2) is 12.7. The van der Waals surface area contributed by atoms with Gasteiger partial charge in [-0.2, -0.15) is 0 Å². The van der Waals surface area contributed by atoms with Crippen molar-refractivity contribution in [1.82, 2.24) is 10.2 Å². The summed E-state index contributed by atoms with van der Waals surface area (Å²) in [6.45, 7) is 7.10. The average Bonchev–Trinajstić information content (AvgIpc) is 3.23. The topological polar surface area (TPSA) is 125 Å². The maximum absolute atomic E-state index is 12.9. The van der Waals surface area contributed by atoms with Gasteiger partial charge in [0.25, 0.3) is 0 Å². The number of rotatable bonds is 8. The van der Waals surface area contributed by atoms with Crippen LogP contribution >= 0.6 is 24.8 Å². The molecule has 3 atom stereocenters. The van der Waals surface area contributed by atoms with E-state index in [4.69, 9.17) is 16.9 Å². The van der Waals surface area contributed by atoms with Gasteiger partial charge in [-0.15, -0.1) is 24.8 Å². The Kier molecular flexibility index (Phi) is 11.0. The first-order valence-electron chi connectivity index (χ1n) is 11.0. The van der Waals surface area contributed by atoms with Crippen LogP contribution in [0.1, 0.15) is 61.3 Å². The number of likely N-dealkylation sites (tertiary alicyclic amines) is 1. The Morgan fingerprint density at radius 3 is 2.29 bits per heavy atom. The number of primary amides is 1. The standard InChI is InChI=1S/C25H33N5O2.2ClH/c1-15(2)19-5-4-6-20(11-19)21-12-22(24(28)31)30(14-21)16(3)25(32)29-13-17-7-9-18(10-8-17)23(26)27;;/h4-11,15-16,21-22H,12-14H2,1-3H3,(H3,26,27)(H2,28,31)(H,29,32);2*1H/t16-,21?,22?;;/m0../s1. The summed E-state index contributed by atoms with van der Waals surface area (Å²) in [6, 6.07) is 14.7. The number of carbonyl (C=O) groups excluding carboxylic acids is 2. The lowest BCUT2D eigenvalue weighted by Gasteiger charge is -2.28. The lowest BCUT2D eigenvalue weighted by molar-refractivity contribution is -0.129. The van der Waals surface area contributed by atoms with Crippen LogP contribution in [0.5, 0.6) is 0 Å². The molecule has 3 rings (SSSR count). The zero-order chi connectivity index (χ0) is 23.4. The number of nitrogen functional groups attached to an aromatic ring is 1. The average molecular weight is 508 g/mol. The third-order valence-electron chi connectivity index (χ3n) is 6.33. The van der Waals surface area contributed by atoms with Gasteiger partial charge < -0.3 is 16.8 Å². The molecule has 0 spiro atoms. The highest BCUT2D eigenvalue weighted by Gasteiger charge is 2.40. The number of amidine groups is 1. The van der Waals surface area contributed by atoms with Crippen molar-refractivity contribution in [2.45, 2.75) is 57.7 Å². The monoisotopic (exact) mass is 507 g/mol. The number of hydrogen-bond acceptors (Lipinski definition) is 4. The van der Waals surface area contributed by atoms with E-state index in [1.165, 1.54) is 11.1 Å². The first kappa shape index (κ1) is 29.4. The summed E-state index contributed by atoms with van der Waals surface area (Å²) in [6.07, 6.45) is 0.612. The maximum Gasteiger partial charge on any atom is 0.237 e. The second-order valence-electron chi connectivity index (χ2n) is 8.88. The van der Waals surface area contributed by atoms with Crippen molar-refractivity contribution >= 4 is 42.5 Å². The number of nitrogens with one attached hydrogen (secondary N) is 2. The van der Waals surface area contributed by atoms with Crippen LogP contribution < -0.4 is 16.8 Å². The highest BCUT2D eigenvalue weighted by atomic mass is 35.5. The highest BCUT2D eigenvalue weighted by molar-refractivity contribution is 5.94. The summed E-state index contributed by atoms with van der Waals surface area (Å²) in [5, 5.41) is 10.4. The summed E-state index contributed by atoms with van der Waals surface area (Å²) in [7, 11) is 0. The fraction of sp³-hybridized carbons (Fsp3) is 0.400. The Balaban J connectivity index is 0.00000289. The van der Waals surface area contributed by atoms with Gasteiger partial charge in [0.2, 0.25) is 11.8 Å². The molecule has 1 aliphatic rings. The Bertz CT molecular complexity index is 997. The van der Waals surface area contributed by atoms with Gasteiger partial charge in [0.1, 0.15) is 5.84 Å². The molecule has 9 heteroatoms. The van der Waals surface area contributed by atoms with Crippen molar-refractivity contribution in [3.63, 3.8) is 0 Å². The predicted octanol–water partition coefficient (Wildman–Crippen LogP) is 3.29. The zero-order valence-corrected chi connectivity index (χ0v) is 21.4. The van der Waals surface area contributed by atoms with Crippen molar-refractivity contribution in [3.8, 4) is 0 Å². The van der Waals surface area contributed by atoms with Crippen LogP contribution in [-0.4, -0.2) is 41.2 Å². The summed E-state index contributed by atoms with van der Waals surface area (Å²) in [5.74, 6) is 0.0406. The van der Waals surface area contributed by atoms with Gasteiger partial charge >= 0.3 is 0 Å². The number of hydrogen-bond donors (Lipinski definition) is 4. The molecule has 2 aromatic carbocycles. The van der Waals surface area contributed by atoms with E-state index in [-0.39, 0.29) is 42.5 Å². The number of amides is 2. The molecule has 2 aromatic rings. The fourth-order valence-corrected chi connectivity index (χ4v) is 4.27. The lowest BCUT2D eigenvalue weighted by Crippen LogP contribution is -2.51. The maximum atomic E-state index is 12.9. The SMILES string of the molecule is CC(C)c1cccc(C2CC(C(N)=O)N([C@@H](C)C(=O)NCc3ccc(C(=N)N)cc3)C2)c1.Cl.Cl. The molecule has 6 N–H and O–H groups in total. The molecule has 186 valence electrons. The quantitative estimate of drug-likeness (QED) is 0.323. The normalized spacial score (nSPS) is 18.5. The molecule has 2 amide bonds. The number of nitrogens with zero attached hydrogens (tertiary/aromatic N) is 1. The molecule has 1 aliphatic heterocycles. The summed E-state index contributed by atoms with van der Waals surface area (Å²) < 4.78 is 0.